The van der Waals surface area contributed by atoms with E-state index in [1.165, 1.54) is 44.1 Å². The Morgan fingerprint density at radius 2 is 1.71 bits per heavy atom. The zero-order valence-corrected chi connectivity index (χ0v) is 8.55. The van der Waals surface area contributed by atoms with Crippen LogP contribution >= 0.6 is 0 Å². The van der Waals surface area contributed by atoms with Gasteiger partial charge in [0.2, 0.25) is 0 Å². The number of fused-ring (bicyclic) bond motifs is 1. The molecule has 2 N–H and O–H groups in total. The van der Waals surface area contributed by atoms with Crippen molar-refractivity contribution in [3.63, 3.8) is 0 Å². The maximum atomic E-state index is 6.20. The van der Waals surface area contributed by atoms with Crippen LogP contribution in [0.15, 0.2) is 18.2 Å². The van der Waals surface area contributed by atoms with Crippen molar-refractivity contribution in [1.29, 1.82) is 0 Å². The van der Waals surface area contributed by atoms with E-state index in [1.54, 1.807) is 11.1 Å². The summed E-state index contributed by atoms with van der Waals surface area (Å²) in [7, 11) is 0. The second-order valence-corrected chi connectivity index (χ2v) is 4.85. The largest absolute Gasteiger partial charge is 0.321 e. The third kappa shape index (κ3) is 1.27. The summed E-state index contributed by atoms with van der Waals surface area (Å²) in [5, 5.41) is 0. The molecule has 0 unspecified atom stereocenters. The molecule has 0 aromatic heterocycles. The number of rotatable bonds is 1. The third-order valence-corrected chi connectivity index (χ3v) is 3.71. The maximum Gasteiger partial charge on any atom is 0.0411 e. The van der Waals surface area contributed by atoms with Crippen LogP contribution in [0.25, 0.3) is 0 Å². The predicted octanol–water partition coefficient (Wildman–Crippen LogP) is 2.51. The minimum absolute atomic E-state index is 0.0481. The highest BCUT2D eigenvalue weighted by atomic mass is 14.8. The van der Waals surface area contributed by atoms with Gasteiger partial charge in [-0.2, -0.15) is 0 Å². The zero-order valence-electron chi connectivity index (χ0n) is 8.55. The molecule has 1 nitrogen and oxygen atoms in total. The van der Waals surface area contributed by atoms with Crippen molar-refractivity contribution in [3.8, 4) is 0 Å². The fraction of sp³-hybridized carbons (Fsp3) is 0.538. The van der Waals surface area contributed by atoms with Crippen LogP contribution in [0.2, 0.25) is 0 Å². The van der Waals surface area contributed by atoms with Crippen LogP contribution in [0.4, 0.5) is 0 Å². The first-order chi connectivity index (χ1) is 6.78. The Balaban J connectivity index is 2.01. The molecule has 0 aliphatic heterocycles. The monoisotopic (exact) mass is 187 g/mol. The second-order valence-electron chi connectivity index (χ2n) is 4.85. The molecule has 1 fully saturated rings. The number of nitrogens with two attached hydrogens (primary N) is 1. The summed E-state index contributed by atoms with van der Waals surface area (Å²) in [6.45, 7) is 0. The summed E-state index contributed by atoms with van der Waals surface area (Å²) in [6, 6.07) is 6.91. The molecule has 0 radical (unpaired) electrons. The van der Waals surface area contributed by atoms with E-state index in [2.05, 4.69) is 18.2 Å². The van der Waals surface area contributed by atoms with Gasteiger partial charge in [-0.05, 0) is 55.2 Å². The van der Waals surface area contributed by atoms with Crippen molar-refractivity contribution in [2.45, 2.75) is 44.1 Å². The Hall–Kier alpha value is -0.820. The smallest absolute Gasteiger partial charge is 0.0411 e. The van der Waals surface area contributed by atoms with Gasteiger partial charge in [0.25, 0.3) is 0 Å². The SMILES string of the molecule is NC1(c2ccc3c(c2)CCCC3)CC1. The Labute approximate surface area is 85.3 Å². The van der Waals surface area contributed by atoms with Gasteiger partial charge in [0.15, 0.2) is 0 Å². The Kier molecular flexibility index (Phi) is 1.72. The summed E-state index contributed by atoms with van der Waals surface area (Å²) in [6.07, 6.45) is 7.60. The average Bonchev–Trinajstić information content (AvgIpc) is 2.97. The summed E-state index contributed by atoms with van der Waals surface area (Å²) >= 11 is 0. The number of benzene rings is 1. The van der Waals surface area contributed by atoms with Crippen molar-refractivity contribution in [3.05, 3.63) is 34.9 Å². The molecule has 0 bridgehead atoms. The first-order valence-corrected chi connectivity index (χ1v) is 5.69. The summed E-state index contributed by atoms with van der Waals surface area (Å²) in [5.41, 5.74) is 10.7. The number of hydrogen-bond donors (Lipinski definition) is 1. The Morgan fingerprint density at radius 3 is 2.43 bits per heavy atom. The van der Waals surface area contributed by atoms with Crippen molar-refractivity contribution in [2.75, 3.05) is 0 Å². The lowest BCUT2D eigenvalue weighted by molar-refractivity contribution is 0.676. The number of aryl methyl sites for hydroxylation is 2. The highest BCUT2D eigenvalue weighted by Crippen LogP contribution is 2.43. The van der Waals surface area contributed by atoms with Crippen molar-refractivity contribution in [1.82, 2.24) is 0 Å². The van der Waals surface area contributed by atoms with Gasteiger partial charge in [0, 0.05) is 5.54 Å². The lowest BCUT2D eigenvalue weighted by Gasteiger charge is -2.18. The molecule has 0 saturated heterocycles. The molecular weight excluding hydrogens is 170 g/mol. The Morgan fingerprint density at radius 1 is 1.00 bits per heavy atom. The molecule has 0 spiro atoms. The normalized spacial score (nSPS) is 22.9. The molecular formula is C13H17N. The molecule has 14 heavy (non-hydrogen) atoms. The molecule has 0 heterocycles. The average molecular weight is 187 g/mol. The van der Waals surface area contributed by atoms with Crippen LogP contribution in [-0.4, -0.2) is 0 Å². The van der Waals surface area contributed by atoms with Crippen molar-refractivity contribution >= 4 is 0 Å². The highest BCUT2D eigenvalue weighted by molar-refractivity contribution is 5.39. The fourth-order valence-corrected chi connectivity index (χ4v) is 2.47. The van der Waals surface area contributed by atoms with E-state index in [0.717, 1.165) is 0 Å². The zero-order chi connectivity index (χ0) is 9.60. The molecule has 2 aliphatic rings. The molecule has 1 heteroatoms. The molecule has 1 aromatic rings. The van der Waals surface area contributed by atoms with Crippen LogP contribution < -0.4 is 5.73 Å². The van der Waals surface area contributed by atoms with Gasteiger partial charge >= 0.3 is 0 Å². The Bertz CT molecular complexity index is 363. The first-order valence-electron chi connectivity index (χ1n) is 5.69. The highest BCUT2D eigenvalue weighted by Gasteiger charge is 2.40. The summed E-state index contributed by atoms with van der Waals surface area (Å²) < 4.78 is 0. The van der Waals surface area contributed by atoms with E-state index in [0.29, 0.717) is 0 Å². The molecule has 74 valence electrons. The lowest BCUT2D eigenvalue weighted by Crippen LogP contribution is -2.19. The standard InChI is InChI=1S/C13H17N/c14-13(7-8-13)12-6-5-10-3-1-2-4-11(10)9-12/h5-6,9H,1-4,7-8,14H2. The van der Waals surface area contributed by atoms with Gasteiger partial charge in [-0.1, -0.05) is 18.2 Å². The minimum atomic E-state index is 0.0481. The van der Waals surface area contributed by atoms with Gasteiger partial charge in [0.05, 0.1) is 0 Å². The molecule has 1 saturated carbocycles. The van der Waals surface area contributed by atoms with Gasteiger partial charge in [-0.3, -0.25) is 0 Å². The predicted molar refractivity (Wildman–Crippen MR) is 58.2 cm³/mol. The molecule has 1 aromatic carbocycles. The third-order valence-electron chi connectivity index (χ3n) is 3.71. The van der Waals surface area contributed by atoms with Crippen LogP contribution in [0.5, 0.6) is 0 Å². The van der Waals surface area contributed by atoms with Crippen LogP contribution in [0.3, 0.4) is 0 Å². The quantitative estimate of drug-likeness (QED) is 0.718. The van der Waals surface area contributed by atoms with E-state index in [1.807, 2.05) is 0 Å². The van der Waals surface area contributed by atoms with E-state index in [4.69, 9.17) is 5.73 Å². The van der Waals surface area contributed by atoms with E-state index in [-0.39, 0.29) is 5.54 Å². The molecule has 0 atom stereocenters. The van der Waals surface area contributed by atoms with E-state index < -0.39 is 0 Å². The fourth-order valence-electron chi connectivity index (χ4n) is 2.47. The van der Waals surface area contributed by atoms with Gasteiger partial charge in [-0.15, -0.1) is 0 Å². The minimum Gasteiger partial charge on any atom is -0.321 e. The van der Waals surface area contributed by atoms with Crippen LogP contribution in [0, 0.1) is 0 Å². The molecule has 0 amide bonds. The van der Waals surface area contributed by atoms with Crippen LogP contribution in [0.1, 0.15) is 42.4 Å². The summed E-state index contributed by atoms with van der Waals surface area (Å²) in [4.78, 5) is 0. The van der Waals surface area contributed by atoms with Gasteiger partial charge in [0.1, 0.15) is 0 Å². The van der Waals surface area contributed by atoms with Crippen molar-refractivity contribution in [2.24, 2.45) is 5.73 Å². The van der Waals surface area contributed by atoms with E-state index in [9.17, 15) is 0 Å². The maximum absolute atomic E-state index is 6.20. The lowest BCUT2D eigenvalue weighted by atomic mass is 9.89. The van der Waals surface area contributed by atoms with Crippen LogP contribution in [-0.2, 0) is 18.4 Å². The van der Waals surface area contributed by atoms with Gasteiger partial charge < -0.3 is 5.73 Å². The molecule has 2 aliphatic carbocycles. The number of hydrogen-bond acceptors (Lipinski definition) is 1. The van der Waals surface area contributed by atoms with Gasteiger partial charge in [-0.25, -0.2) is 0 Å². The molecule has 3 rings (SSSR count). The van der Waals surface area contributed by atoms with E-state index >= 15 is 0 Å². The summed E-state index contributed by atoms with van der Waals surface area (Å²) in [5.74, 6) is 0. The van der Waals surface area contributed by atoms with Crippen molar-refractivity contribution < 1.29 is 0 Å². The second kappa shape index (κ2) is 2.83. The first kappa shape index (κ1) is 8.49. The topological polar surface area (TPSA) is 26.0 Å².